The van der Waals surface area contributed by atoms with Gasteiger partial charge >= 0.3 is 0 Å². The lowest BCUT2D eigenvalue weighted by Crippen LogP contribution is -2.12. The van der Waals surface area contributed by atoms with Crippen molar-refractivity contribution in [3.8, 4) is 11.8 Å². The van der Waals surface area contributed by atoms with E-state index in [-0.39, 0.29) is 5.91 Å². The Morgan fingerprint density at radius 3 is 3.09 bits per heavy atom. The van der Waals surface area contributed by atoms with E-state index in [0.29, 0.717) is 28.5 Å². The quantitative estimate of drug-likeness (QED) is 0.898. The third kappa shape index (κ3) is 3.22. The minimum Gasteiger partial charge on any atom is -0.494 e. The smallest absolute Gasteiger partial charge is 0.256 e. The van der Waals surface area contributed by atoms with Crippen LogP contribution in [0, 0.1) is 11.3 Å². The standard InChI is InChI=1S/C18H18N2O2S/c1-2-9-22-13-6-3-5-12(10-13)17(21)20-18-15(11-19)14-7-4-8-16(14)23-18/h3,5-6,10H,2,4,7-9H2,1H3,(H,20,21). The van der Waals surface area contributed by atoms with Crippen LogP contribution in [0.3, 0.4) is 0 Å². The molecule has 0 saturated heterocycles. The molecule has 0 radical (unpaired) electrons. The first-order chi connectivity index (χ1) is 11.2. The number of carbonyl (C=O) groups excluding carboxylic acids is 1. The molecule has 1 aromatic heterocycles. The van der Waals surface area contributed by atoms with Crippen molar-refractivity contribution in [2.45, 2.75) is 32.6 Å². The van der Waals surface area contributed by atoms with Crippen LogP contribution in [0.5, 0.6) is 5.75 Å². The predicted molar refractivity (Wildman–Crippen MR) is 91.2 cm³/mol. The highest BCUT2D eigenvalue weighted by molar-refractivity contribution is 7.16. The summed E-state index contributed by atoms with van der Waals surface area (Å²) in [6, 6.07) is 9.37. The van der Waals surface area contributed by atoms with E-state index in [2.05, 4.69) is 11.4 Å². The summed E-state index contributed by atoms with van der Waals surface area (Å²) in [4.78, 5) is 13.7. The van der Waals surface area contributed by atoms with Crippen LogP contribution >= 0.6 is 11.3 Å². The van der Waals surface area contributed by atoms with Gasteiger partial charge in [0.15, 0.2) is 0 Å². The molecule has 0 atom stereocenters. The van der Waals surface area contributed by atoms with Crippen LogP contribution in [0.4, 0.5) is 5.00 Å². The zero-order chi connectivity index (χ0) is 16.2. The fourth-order valence-electron chi connectivity index (χ4n) is 2.73. The molecule has 3 rings (SSSR count). The first-order valence-corrected chi connectivity index (χ1v) is 8.63. The molecule has 4 nitrogen and oxygen atoms in total. The molecule has 118 valence electrons. The fraction of sp³-hybridized carbons (Fsp3) is 0.333. The zero-order valence-electron chi connectivity index (χ0n) is 13.0. The lowest BCUT2D eigenvalue weighted by molar-refractivity contribution is 0.102. The van der Waals surface area contributed by atoms with Crippen LogP contribution in [-0.2, 0) is 12.8 Å². The average molecular weight is 326 g/mol. The minimum absolute atomic E-state index is 0.205. The van der Waals surface area contributed by atoms with Crippen LogP contribution in [-0.4, -0.2) is 12.5 Å². The third-order valence-electron chi connectivity index (χ3n) is 3.83. The van der Waals surface area contributed by atoms with Gasteiger partial charge in [0.25, 0.3) is 5.91 Å². The molecule has 1 N–H and O–H groups in total. The lowest BCUT2D eigenvalue weighted by atomic mass is 10.1. The molecule has 0 bridgehead atoms. The van der Waals surface area contributed by atoms with Gasteiger partial charge in [0, 0.05) is 10.4 Å². The molecule has 23 heavy (non-hydrogen) atoms. The molecule has 0 saturated carbocycles. The Kier molecular flexibility index (Phi) is 4.63. The number of carbonyl (C=O) groups is 1. The Hall–Kier alpha value is -2.32. The molecule has 1 aliphatic rings. The minimum atomic E-state index is -0.205. The van der Waals surface area contributed by atoms with Crippen molar-refractivity contribution in [1.82, 2.24) is 0 Å². The summed E-state index contributed by atoms with van der Waals surface area (Å²) in [6.07, 6.45) is 3.96. The maximum absolute atomic E-state index is 12.5. The first-order valence-electron chi connectivity index (χ1n) is 7.81. The second-order valence-electron chi connectivity index (χ2n) is 5.50. The molecule has 5 heteroatoms. The number of benzene rings is 1. The van der Waals surface area contributed by atoms with E-state index in [9.17, 15) is 10.1 Å². The SMILES string of the molecule is CCCOc1cccc(C(=O)Nc2sc3c(c2C#N)CCC3)c1. The summed E-state index contributed by atoms with van der Waals surface area (Å²) in [5, 5.41) is 12.9. The Morgan fingerprint density at radius 2 is 2.30 bits per heavy atom. The number of nitrogens with one attached hydrogen (secondary N) is 1. The number of rotatable bonds is 5. The number of ether oxygens (including phenoxy) is 1. The Morgan fingerprint density at radius 1 is 1.43 bits per heavy atom. The summed E-state index contributed by atoms with van der Waals surface area (Å²) >= 11 is 1.53. The highest BCUT2D eigenvalue weighted by Crippen LogP contribution is 2.38. The van der Waals surface area contributed by atoms with Gasteiger partial charge in [0.05, 0.1) is 12.2 Å². The molecular weight excluding hydrogens is 308 g/mol. The number of hydrogen-bond acceptors (Lipinski definition) is 4. The second kappa shape index (κ2) is 6.84. The molecule has 1 heterocycles. The summed E-state index contributed by atoms with van der Waals surface area (Å²) in [5.41, 5.74) is 2.29. The molecule has 0 fully saturated rings. The Bertz CT molecular complexity index is 774. The van der Waals surface area contributed by atoms with Gasteiger partial charge in [-0.3, -0.25) is 4.79 Å². The summed E-state index contributed by atoms with van der Waals surface area (Å²) in [6.45, 7) is 2.66. The van der Waals surface area contributed by atoms with Crippen LogP contribution < -0.4 is 10.1 Å². The molecule has 0 unspecified atom stereocenters. The number of nitrogens with zero attached hydrogens (tertiary/aromatic N) is 1. The topological polar surface area (TPSA) is 62.1 Å². The molecule has 0 spiro atoms. The van der Waals surface area contributed by atoms with Gasteiger partial charge in [-0.25, -0.2) is 0 Å². The van der Waals surface area contributed by atoms with Gasteiger partial charge in [-0.15, -0.1) is 11.3 Å². The first kappa shape index (κ1) is 15.6. The third-order valence-corrected chi connectivity index (χ3v) is 5.04. The van der Waals surface area contributed by atoms with E-state index >= 15 is 0 Å². The predicted octanol–water partition coefficient (Wildman–Crippen LogP) is 4.15. The second-order valence-corrected chi connectivity index (χ2v) is 6.61. The van der Waals surface area contributed by atoms with Gasteiger partial charge in [-0.05, 0) is 49.4 Å². The number of aryl methyl sites for hydroxylation is 1. The van der Waals surface area contributed by atoms with Gasteiger partial charge in [-0.2, -0.15) is 5.26 Å². The largest absolute Gasteiger partial charge is 0.494 e. The number of anilines is 1. The summed E-state index contributed by atoms with van der Waals surface area (Å²) in [7, 11) is 0. The maximum Gasteiger partial charge on any atom is 0.256 e. The zero-order valence-corrected chi connectivity index (χ0v) is 13.8. The van der Waals surface area contributed by atoms with E-state index in [4.69, 9.17) is 4.74 Å². The van der Waals surface area contributed by atoms with E-state index in [1.54, 1.807) is 18.2 Å². The van der Waals surface area contributed by atoms with Crippen LogP contribution in [0.2, 0.25) is 0 Å². The van der Waals surface area contributed by atoms with Crippen LogP contribution in [0.15, 0.2) is 24.3 Å². The highest BCUT2D eigenvalue weighted by atomic mass is 32.1. The van der Waals surface area contributed by atoms with Gasteiger partial charge < -0.3 is 10.1 Å². The van der Waals surface area contributed by atoms with Crippen molar-refractivity contribution in [3.05, 3.63) is 45.8 Å². The highest BCUT2D eigenvalue weighted by Gasteiger charge is 2.23. The Labute approximate surface area is 139 Å². The van der Waals surface area contributed by atoms with E-state index in [1.165, 1.54) is 16.2 Å². The number of nitriles is 1. The van der Waals surface area contributed by atoms with Crippen molar-refractivity contribution in [3.63, 3.8) is 0 Å². The Balaban J connectivity index is 1.79. The lowest BCUT2D eigenvalue weighted by Gasteiger charge is -2.07. The average Bonchev–Trinajstić information content (AvgIpc) is 3.13. The van der Waals surface area contributed by atoms with E-state index in [1.807, 2.05) is 13.0 Å². The van der Waals surface area contributed by atoms with Crippen molar-refractivity contribution < 1.29 is 9.53 Å². The molecular formula is C18H18N2O2S. The molecule has 1 aromatic carbocycles. The van der Waals surface area contributed by atoms with E-state index < -0.39 is 0 Å². The molecule has 1 amide bonds. The number of amides is 1. The maximum atomic E-state index is 12.5. The van der Waals surface area contributed by atoms with Gasteiger partial charge in [0.2, 0.25) is 0 Å². The molecule has 1 aliphatic carbocycles. The van der Waals surface area contributed by atoms with E-state index in [0.717, 1.165) is 31.2 Å². The normalized spacial score (nSPS) is 12.5. The van der Waals surface area contributed by atoms with Crippen molar-refractivity contribution >= 4 is 22.2 Å². The fourth-order valence-corrected chi connectivity index (χ4v) is 3.97. The van der Waals surface area contributed by atoms with Crippen molar-refractivity contribution in [2.24, 2.45) is 0 Å². The van der Waals surface area contributed by atoms with Crippen molar-refractivity contribution in [1.29, 1.82) is 5.26 Å². The van der Waals surface area contributed by atoms with Gasteiger partial charge in [0.1, 0.15) is 16.8 Å². The van der Waals surface area contributed by atoms with Crippen LogP contribution in [0.1, 0.15) is 46.1 Å². The van der Waals surface area contributed by atoms with Gasteiger partial charge in [-0.1, -0.05) is 13.0 Å². The van der Waals surface area contributed by atoms with Crippen molar-refractivity contribution in [2.75, 3.05) is 11.9 Å². The molecule has 2 aromatic rings. The number of fused-ring (bicyclic) bond motifs is 1. The number of hydrogen-bond donors (Lipinski definition) is 1. The summed E-state index contributed by atoms with van der Waals surface area (Å²) in [5.74, 6) is 0.483. The monoisotopic (exact) mass is 326 g/mol. The summed E-state index contributed by atoms with van der Waals surface area (Å²) < 4.78 is 5.56. The van der Waals surface area contributed by atoms with Crippen LogP contribution in [0.25, 0.3) is 0 Å². The number of thiophene rings is 1. The molecule has 0 aliphatic heterocycles.